The molecule has 2 aliphatic rings. The summed E-state index contributed by atoms with van der Waals surface area (Å²) in [5.74, 6) is 1.26. The molecule has 1 heterocycles. The van der Waals surface area contributed by atoms with Crippen LogP contribution in [0.3, 0.4) is 0 Å². The first-order valence-corrected chi connectivity index (χ1v) is 7.56. The van der Waals surface area contributed by atoms with Crippen LogP contribution in [0, 0.1) is 0 Å². The van der Waals surface area contributed by atoms with Gasteiger partial charge in [-0.25, -0.2) is 0 Å². The second kappa shape index (κ2) is 5.33. The van der Waals surface area contributed by atoms with E-state index < -0.39 is 0 Å². The molecule has 3 rings (SSSR count). The number of thioether (sulfide) groups is 1. The third-order valence-corrected chi connectivity index (χ3v) is 4.57. The van der Waals surface area contributed by atoms with Crippen LogP contribution in [0.1, 0.15) is 30.9 Å². The van der Waals surface area contributed by atoms with Crippen LogP contribution in [0.25, 0.3) is 0 Å². The van der Waals surface area contributed by atoms with E-state index in [1.54, 1.807) is 0 Å². The second-order valence-electron chi connectivity index (χ2n) is 4.95. The van der Waals surface area contributed by atoms with Crippen molar-refractivity contribution in [1.82, 2.24) is 10.6 Å². The summed E-state index contributed by atoms with van der Waals surface area (Å²) < 4.78 is 0. The summed E-state index contributed by atoms with van der Waals surface area (Å²) >= 11 is 1.89. The molecule has 2 N–H and O–H groups in total. The summed E-state index contributed by atoms with van der Waals surface area (Å²) in [4.78, 5) is 12.9. The highest BCUT2D eigenvalue weighted by atomic mass is 32.2. The van der Waals surface area contributed by atoms with E-state index in [1.807, 2.05) is 11.8 Å². The maximum absolute atomic E-state index is 11.6. The number of benzene rings is 1. The number of carbonyl (C=O) groups is 1. The molecule has 1 saturated carbocycles. The predicted octanol–water partition coefficient (Wildman–Crippen LogP) is 2.09. The van der Waals surface area contributed by atoms with Crippen LogP contribution < -0.4 is 10.6 Å². The quantitative estimate of drug-likeness (QED) is 0.854. The van der Waals surface area contributed by atoms with E-state index in [2.05, 4.69) is 34.9 Å². The highest BCUT2D eigenvalue weighted by Crippen LogP contribution is 2.37. The van der Waals surface area contributed by atoms with Crippen LogP contribution in [-0.4, -0.2) is 24.2 Å². The standard InChI is InChI=1S/C14H18N2OS/c17-14(16-10-5-6-10)7-8-15-12-9-18-13-4-2-1-3-11(12)13/h1-4,10,12,15H,5-9H2,(H,16,17). The van der Waals surface area contributed by atoms with Gasteiger partial charge in [-0.2, -0.15) is 0 Å². The molecule has 1 fully saturated rings. The van der Waals surface area contributed by atoms with Gasteiger partial charge in [0.05, 0.1) is 0 Å². The lowest BCUT2D eigenvalue weighted by atomic mass is 10.1. The van der Waals surface area contributed by atoms with Gasteiger partial charge in [-0.15, -0.1) is 11.8 Å². The van der Waals surface area contributed by atoms with Gasteiger partial charge < -0.3 is 10.6 Å². The van der Waals surface area contributed by atoms with Crippen molar-refractivity contribution in [2.45, 2.75) is 36.2 Å². The average Bonchev–Trinajstić information content (AvgIpc) is 3.09. The fourth-order valence-electron chi connectivity index (χ4n) is 2.22. The van der Waals surface area contributed by atoms with Gasteiger partial charge in [-0.05, 0) is 24.5 Å². The van der Waals surface area contributed by atoms with Gasteiger partial charge in [-0.3, -0.25) is 4.79 Å². The van der Waals surface area contributed by atoms with Crippen molar-refractivity contribution in [2.75, 3.05) is 12.3 Å². The Labute approximate surface area is 112 Å². The largest absolute Gasteiger partial charge is 0.353 e. The lowest BCUT2D eigenvalue weighted by molar-refractivity contribution is -0.121. The molecule has 18 heavy (non-hydrogen) atoms. The van der Waals surface area contributed by atoms with Crippen molar-refractivity contribution in [3.8, 4) is 0 Å². The van der Waals surface area contributed by atoms with E-state index >= 15 is 0 Å². The van der Waals surface area contributed by atoms with E-state index in [-0.39, 0.29) is 5.91 Å². The highest BCUT2D eigenvalue weighted by molar-refractivity contribution is 7.99. The van der Waals surface area contributed by atoms with Crippen LogP contribution in [0.4, 0.5) is 0 Å². The Morgan fingerprint density at radius 1 is 1.33 bits per heavy atom. The van der Waals surface area contributed by atoms with Gasteiger partial charge in [0.15, 0.2) is 0 Å². The van der Waals surface area contributed by atoms with Crippen LogP contribution in [0.2, 0.25) is 0 Å². The highest BCUT2D eigenvalue weighted by Gasteiger charge is 2.24. The topological polar surface area (TPSA) is 41.1 Å². The Balaban J connectivity index is 1.45. The SMILES string of the molecule is O=C(CCNC1CSc2ccccc21)NC1CC1. The summed E-state index contributed by atoms with van der Waals surface area (Å²) in [6.45, 7) is 0.762. The van der Waals surface area contributed by atoms with Crippen LogP contribution in [-0.2, 0) is 4.79 Å². The summed E-state index contributed by atoms with van der Waals surface area (Å²) in [5.41, 5.74) is 1.38. The van der Waals surface area contributed by atoms with E-state index in [0.29, 0.717) is 18.5 Å². The molecule has 1 aromatic rings. The molecule has 0 saturated heterocycles. The fraction of sp³-hybridized carbons (Fsp3) is 0.500. The number of hydrogen-bond donors (Lipinski definition) is 2. The Bertz CT molecular complexity index is 445. The smallest absolute Gasteiger partial charge is 0.221 e. The van der Waals surface area contributed by atoms with Crippen LogP contribution in [0.15, 0.2) is 29.2 Å². The molecule has 0 aromatic heterocycles. The van der Waals surface area contributed by atoms with Gasteiger partial charge in [0.2, 0.25) is 5.91 Å². The number of nitrogens with one attached hydrogen (secondary N) is 2. The first kappa shape index (κ1) is 12.1. The Morgan fingerprint density at radius 3 is 3.00 bits per heavy atom. The molecule has 0 bridgehead atoms. The molecule has 1 aromatic carbocycles. The minimum Gasteiger partial charge on any atom is -0.353 e. The minimum atomic E-state index is 0.184. The average molecular weight is 262 g/mol. The zero-order valence-electron chi connectivity index (χ0n) is 10.3. The molecule has 0 spiro atoms. The molecule has 3 nitrogen and oxygen atoms in total. The van der Waals surface area contributed by atoms with Gasteiger partial charge >= 0.3 is 0 Å². The number of fused-ring (bicyclic) bond motifs is 1. The zero-order chi connectivity index (χ0) is 12.4. The predicted molar refractivity (Wildman–Crippen MR) is 73.7 cm³/mol. The second-order valence-corrected chi connectivity index (χ2v) is 6.01. The van der Waals surface area contributed by atoms with E-state index in [1.165, 1.54) is 10.5 Å². The zero-order valence-corrected chi connectivity index (χ0v) is 11.1. The van der Waals surface area contributed by atoms with Gasteiger partial charge in [0.1, 0.15) is 0 Å². The number of rotatable bonds is 5. The van der Waals surface area contributed by atoms with E-state index in [9.17, 15) is 4.79 Å². The Morgan fingerprint density at radius 2 is 2.17 bits per heavy atom. The molecule has 1 aliphatic heterocycles. The van der Waals surface area contributed by atoms with Gasteiger partial charge in [0.25, 0.3) is 0 Å². The number of amides is 1. The van der Waals surface area contributed by atoms with Crippen molar-refractivity contribution in [2.24, 2.45) is 0 Å². The molecule has 96 valence electrons. The molecular formula is C14H18N2OS. The van der Waals surface area contributed by atoms with Crippen LogP contribution >= 0.6 is 11.8 Å². The first-order chi connectivity index (χ1) is 8.83. The van der Waals surface area contributed by atoms with Gasteiger partial charge in [-0.1, -0.05) is 18.2 Å². The van der Waals surface area contributed by atoms with Crippen molar-refractivity contribution in [3.63, 3.8) is 0 Å². The summed E-state index contributed by atoms with van der Waals surface area (Å²) in [6.07, 6.45) is 2.90. The third-order valence-electron chi connectivity index (χ3n) is 3.39. The van der Waals surface area contributed by atoms with E-state index in [0.717, 1.165) is 25.1 Å². The summed E-state index contributed by atoms with van der Waals surface area (Å²) in [5, 5.41) is 6.49. The van der Waals surface area contributed by atoms with Crippen molar-refractivity contribution >= 4 is 17.7 Å². The maximum atomic E-state index is 11.6. The minimum absolute atomic E-state index is 0.184. The Hall–Kier alpha value is -1.00. The normalized spacial score (nSPS) is 21.7. The monoisotopic (exact) mass is 262 g/mol. The molecule has 1 aliphatic carbocycles. The first-order valence-electron chi connectivity index (χ1n) is 6.57. The van der Waals surface area contributed by atoms with Crippen molar-refractivity contribution in [1.29, 1.82) is 0 Å². The molecule has 0 radical (unpaired) electrons. The molecular weight excluding hydrogens is 244 g/mol. The molecule has 1 atom stereocenters. The molecule has 1 unspecified atom stereocenters. The lowest BCUT2D eigenvalue weighted by Gasteiger charge is -2.12. The number of hydrogen-bond acceptors (Lipinski definition) is 3. The Kier molecular flexibility index (Phi) is 3.57. The van der Waals surface area contributed by atoms with Crippen molar-refractivity contribution < 1.29 is 4.79 Å². The fourth-order valence-corrected chi connectivity index (χ4v) is 3.41. The van der Waals surface area contributed by atoms with Crippen molar-refractivity contribution in [3.05, 3.63) is 29.8 Å². The third kappa shape index (κ3) is 2.87. The molecule has 4 heteroatoms. The maximum Gasteiger partial charge on any atom is 0.221 e. The summed E-state index contributed by atoms with van der Waals surface area (Å²) in [7, 11) is 0. The van der Waals surface area contributed by atoms with Gasteiger partial charge in [0, 0.05) is 35.7 Å². The molecule has 1 amide bonds. The lowest BCUT2D eigenvalue weighted by Crippen LogP contribution is -2.30. The summed E-state index contributed by atoms with van der Waals surface area (Å²) in [6, 6.07) is 9.38. The van der Waals surface area contributed by atoms with Crippen LogP contribution in [0.5, 0.6) is 0 Å². The number of carbonyl (C=O) groups excluding carboxylic acids is 1. The van der Waals surface area contributed by atoms with E-state index in [4.69, 9.17) is 0 Å².